The molecule has 2 aromatic carbocycles. The van der Waals surface area contributed by atoms with Crippen molar-refractivity contribution in [3.8, 4) is 17.2 Å². The van der Waals surface area contributed by atoms with Crippen molar-refractivity contribution in [3.05, 3.63) is 64.8 Å². The molecule has 0 bridgehead atoms. The molecule has 1 fully saturated rings. The number of aromatic nitrogens is 2. The first-order chi connectivity index (χ1) is 16.9. The minimum absolute atomic E-state index is 0.0671. The number of amides is 2. The summed E-state index contributed by atoms with van der Waals surface area (Å²) in [6, 6.07) is 11.3. The number of hydrogen-bond donors (Lipinski definition) is 2. The molecule has 9 nitrogen and oxygen atoms in total. The molecule has 1 atom stereocenters. The second-order valence-electron chi connectivity index (χ2n) is 8.21. The molecule has 1 saturated heterocycles. The lowest BCUT2D eigenvalue weighted by atomic mass is 10.1. The lowest BCUT2D eigenvalue weighted by Crippen LogP contribution is -2.41. The SMILES string of the molecule is CCn1ccc(NC(=O)c2cc(Oc3ccc(C(=O)N4CCC4)cc3Cl)cc(O[C@@H](C)CO)c2)n1. The van der Waals surface area contributed by atoms with Gasteiger partial charge in [-0.05, 0) is 50.6 Å². The molecule has 4 rings (SSSR count). The molecule has 0 radical (unpaired) electrons. The highest BCUT2D eigenvalue weighted by Crippen LogP contribution is 2.33. The first-order valence-corrected chi connectivity index (χ1v) is 11.8. The van der Waals surface area contributed by atoms with Crippen LogP contribution in [0.5, 0.6) is 17.2 Å². The minimum atomic E-state index is -0.489. The van der Waals surface area contributed by atoms with Crippen molar-refractivity contribution in [2.45, 2.75) is 32.9 Å². The zero-order valence-electron chi connectivity index (χ0n) is 19.5. The first kappa shape index (κ1) is 24.6. The number of hydrogen-bond acceptors (Lipinski definition) is 6. The summed E-state index contributed by atoms with van der Waals surface area (Å²) in [6.45, 7) is 5.63. The Morgan fingerprint density at radius 1 is 1.14 bits per heavy atom. The van der Waals surface area contributed by atoms with E-state index in [4.69, 9.17) is 21.1 Å². The van der Waals surface area contributed by atoms with Crippen molar-refractivity contribution >= 4 is 29.2 Å². The van der Waals surface area contributed by atoms with E-state index in [1.165, 1.54) is 0 Å². The number of aliphatic hydroxyl groups excluding tert-OH is 1. The number of benzene rings is 2. The van der Waals surface area contributed by atoms with Gasteiger partial charge in [0, 0.05) is 49.1 Å². The van der Waals surface area contributed by atoms with Crippen LogP contribution in [-0.2, 0) is 6.54 Å². The van der Waals surface area contributed by atoms with Crippen molar-refractivity contribution < 1.29 is 24.2 Å². The van der Waals surface area contributed by atoms with E-state index in [1.54, 1.807) is 65.2 Å². The molecule has 3 aromatic rings. The van der Waals surface area contributed by atoms with E-state index >= 15 is 0 Å². The minimum Gasteiger partial charge on any atom is -0.488 e. The predicted molar refractivity (Wildman–Crippen MR) is 132 cm³/mol. The van der Waals surface area contributed by atoms with E-state index in [2.05, 4.69) is 10.4 Å². The predicted octanol–water partition coefficient (Wildman–Crippen LogP) is 4.21. The Bertz CT molecular complexity index is 1220. The van der Waals surface area contributed by atoms with Crippen molar-refractivity contribution in [1.82, 2.24) is 14.7 Å². The number of aryl methyl sites for hydroxylation is 1. The Labute approximate surface area is 208 Å². The summed E-state index contributed by atoms with van der Waals surface area (Å²) in [5.41, 5.74) is 0.761. The highest BCUT2D eigenvalue weighted by Gasteiger charge is 2.22. The van der Waals surface area contributed by atoms with Gasteiger partial charge in [-0.3, -0.25) is 14.3 Å². The second kappa shape index (κ2) is 10.8. The van der Waals surface area contributed by atoms with E-state index in [1.807, 2.05) is 6.92 Å². The molecule has 184 valence electrons. The van der Waals surface area contributed by atoms with Crippen molar-refractivity contribution in [3.63, 3.8) is 0 Å². The highest BCUT2D eigenvalue weighted by atomic mass is 35.5. The Balaban J connectivity index is 1.57. The van der Waals surface area contributed by atoms with Gasteiger partial charge in [0.25, 0.3) is 11.8 Å². The average Bonchev–Trinajstić information content (AvgIpc) is 3.26. The van der Waals surface area contributed by atoms with Gasteiger partial charge in [-0.1, -0.05) is 11.6 Å². The van der Waals surface area contributed by atoms with Gasteiger partial charge in [-0.2, -0.15) is 5.10 Å². The highest BCUT2D eigenvalue weighted by molar-refractivity contribution is 6.32. The van der Waals surface area contributed by atoms with Gasteiger partial charge in [0.05, 0.1) is 11.6 Å². The van der Waals surface area contributed by atoms with Crippen LogP contribution < -0.4 is 14.8 Å². The summed E-state index contributed by atoms with van der Waals surface area (Å²) < 4.78 is 13.4. The number of carbonyl (C=O) groups excluding carboxylic acids is 2. The fourth-order valence-corrected chi connectivity index (χ4v) is 3.66. The van der Waals surface area contributed by atoms with Crippen LogP contribution in [0.3, 0.4) is 0 Å². The summed E-state index contributed by atoms with van der Waals surface area (Å²) in [5, 5.41) is 16.7. The summed E-state index contributed by atoms with van der Waals surface area (Å²) in [6.07, 6.45) is 2.28. The number of rotatable bonds is 9. The maximum atomic E-state index is 12.9. The fourth-order valence-electron chi connectivity index (χ4n) is 3.44. The van der Waals surface area contributed by atoms with Crippen LogP contribution >= 0.6 is 11.6 Å². The maximum Gasteiger partial charge on any atom is 0.257 e. The number of ether oxygens (including phenoxy) is 2. The molecule has 0 spiro atoms. The van der Waals surface area contributed by atoms with Crippen LogP contribution in [0.1, 0.15) is 41.0 Å². The van der Waals surface area contributed by atoms with Crippen LogP contribution in [0.2, 0.25) is 5.02 Å². The summed E-state index contributed by atoms with van der Waals surface area (Å²) in [4.78, 5) is 27.1. The Morgan fingerprint density at radius 2 is 1.91 bits per heavy atom. The number of aliphatic hydroxyl groups is 1. The van der Waals surface area contributed by atoms with Gasteiger partial charge in [-0.25, -0.2) is 0 Å². The third-order valence-corrected chi connectivity index (χ3v) is 5.79. The average molecular weight is 499 g/mol. The fraction of sp³-hybridized carbons (Fsp3) is 0.320. The van der Waals surface area contributed by atoms with Gasteiger partial charge in [0.1, 0.15) is 23.4 Å². The topological polar surface area (TPSA) is 106 Å². The van der Waals surface area contributed by atoms with E-state index in [0.29, 0.717) is 35.2 Å². The number of nitrogens with one attached hydrogen (secondary N) is 1. The summed E-state index contributed by atoms with van der Waals surface area (Å²) in [5.74, 6) is 0.921. The molecule has 1 aliphatic heterocycles. The van der Waals surface area contributed by atoms with Crippen LogP contribution in [0.25, 0.3) is 0 Å². The smallest absolute Gasteiger partial charge is 0.257 e. The van der Waals surface area contributed by atoms with Crippen molar-refractivity contribution in [1.29, 1.82) is 0 Å². The van der Waals surface area contributed by atoms with E-state index in [-0.39, 0.29) is 23.1 Å². The summed E-state index contributed by atoms with van der Waals surface area (Å²) in [7, 11) is 0. The molecule has 1 aromatic heterocycles. The van der Waals surface area contributed by atoms with Gasteiger partial charge in [0.15, 0.2) is 5.82 Å². The Hall–Kier alpha value is -3.56. The maximum absolute atomic E-state index is 12.9. The van der Waals surface area contributed by atoms with Crippen molar-refractivity contribution in [2.24, 2.45) is 0 Å². The number of nitrogens with zero attached hydrogens (tertiary/aromatic N) is 3. The quantitative estimate of drug-likeness (QED) is 0.458. The van der Waals surface area contributed by atoms with Crippen LogP contribution in [0.4, 0.5) is 5.82 Å². The summed E-state index contributed by atoms with van der Waals surface area (Å²) >= 11 is 6.41. The third kappa shape index (κ3) is 5.93. The van der Waals surface area contributed by atoms with Gasteiger partial charge in [-0.15, -0.1) is 0 Å². The normalized spacial score (nSPS) is 13.7. The number of anilines is 1. The van der Waals surface area contributed by atoms with E-state index in [0.717, 1.165) is 19.5 Å². The van der Waals surface area contributed by atoms with E-state index in [9.17, 15) is 14.7 Å². The van der Waals surface area contributed by atoms with E-state index < -0.39 is 12.0 Å². The molecular formula is C25H27ClN4O5. The molecule has 10 heteroatoms. The van der Waals surface area contributed by atoms with Crippen molar-refractivity contribution in [2.75, 3.05) is 25.0 Å². The zero-order chi connectivity index (χ0) is 24.9. The largest absolute Gasteiger partial charge is 0.488 e. The molecule has 0 aliphatic carbocycles. The molecule has 2 amide bonds. The third-order valence-electron chi connectivity index (χ3n) is 5.49. The standard InChI is InChI=1S/C25H27ClN4O5/c1-3-30-10-7-23(28-30)27-24(32)18-11-19(34-16(2)15-31)14-20(12-18)35-22-6-5-17(13-21(22)26)25(33)29-8-4-9-29/h5-7,10-14,16,31H,3-4,8-9,15H2,1-2H3,(H,27,28,32)/t16-/m0/s1. The van der Waals surface area contributed by atoms with Crippen LogP contribution in [-0.4, -0.2) is 57.4 Å². The molecular weight excluding hydrogens is 472 g/mol. The molecule has 0 saturated carbocycles. The second-order valence-corrected chi connectivity index (χ2v) is 8.62. The van der Waals surface area contributed by atoms with Crippen LogP contribution in [0, 0.1) is 0 Å². The Kier molecular flexibility index (Phi) is 7.57. The zero-order valence-corrected chi connectivity index (χ0v) is 20.3. The molecule has 1 aliphatic rings. The number of halogens is 1. The molecule has 0 unspecified atom stereocenters. The van der Waals surface area contributed by atoms with Crippen LogP contribution in [0.15, 0.2) is 48.7 Å². The van der Waals surface area contributed by atoms with Gasteiger partial charge in [0.2, 0.25) is 0 Å². The monoisotopic (exact) mass is 498 g/mol. The van der Waals surface area contributed by atoms with Gasteiger partial charge >= 0.3 is 0 Å². The number of likely N-dealkylation sites (tertiary alicyclic amines) is 1. The lowest BCUT2D eigenvalue weighted by Gasteiger charge is -2.31. The lowest BCUT2D eigenvalue weighted by molar-refractivity contribution is 0.0651. The molecule has 2 N–H and O–H groups in total. The molecule has 2 heterocycles. The van der Waals surface area contributed by atoms with Gasteiger partial charge < -0.3 is 24.8 Å². The number of carbonyl (C=O) groups is 2. The first-order valence-electron chi connectivity index (χ1n) is 11.4. The molecule has 35 heavy (non-hydrogen) atoms. The Morgan fingerprint density at radius 3 is 2.54 bits per heavy atom.